The number of phosphoric acid groups is 1. The fourth-order valence-corrected chi connectivity index (χ4v) is 5.00. The second-order valence-electron chi connectivity index (χ2n) is 4.24. The summed E-state index contributed by atoms with van der Waals surface area (Å²) in [5.74, 6) is 0. The summed E-state index contributed by atoms with van der Waals surface area (Å²) in [5, 5.41) is 1.31. The maximum atomic E-state index is 12.3. The van der Waals surface area contributed by atoms with Crippen LogP contribution in [0.15, 0.2) is 54.6 Å². The fraction of sp³-hybridized carbons (Fsp3) is 0.0769. The van der Waals surface area contributed by atoms with Gasteiger partial charge in [0.05, 0.1) is 0 Å². The molecular weight excluding hydrogens is 317 g/mol. The van der Waals surface area contributed by atoms with E-state index < -0.39 is 16.9 Å². The molecule has 0 spiro atoms. The van der Waals surface area contributed by atoms with Gasteiger partial charge in [0.25, 0.3) is 9.04 Å². The van der Waals surface area contributed by atoms with Crippen LogP contribution in [0, 0.1) is 6.92 Å². The van der Waals surface area contributed by atoms with Crippen molar-refractivity contribution in [3.05, 3.63) is 60.2 Å². The lowest BCUT2D eigenvalue weighted by Gasteiger charge is -2.17. The highest BCUT2D eigenvalue weighted by Crippen LogP contribution is 2.50. The van der Waals surface area contributed by atoms with Gasteiger partial charge in [0.2, 0.25) is 0 Å². The topological polar surface area (TPSA) is 44.8 Å². The summed E-state index contributed by atoms with van der Waals surface area (Å²) in [6.45, 7) is 1.90. The van der Waals surface area contributed by atoms with E-state index in [4.69, 9.17) is 4.21 Å². The molecule has 0 unspecified atom stereocenters. The quantitative estimate of drug-likeness (QED) is 0.604. The molecule has 0 aliphatic heterocycles. The molecule has 0 N–H and O–H groups in total. The largest absolute Gasteiger partial charge is 0.527 e. The highest BCUT2D eigenvalue weighted by Gasteiger charge is 2.36. The van der Waals surface area contributed by atoms with E-state index in [2.05, 4.69) is 9.46 Å². The Bertz CT molecular complexity index is 616. The number of benzene rings is 2. The van der Waals surface area contributed by atoms with E-state index in [0.717, 1.165) is 5.56 Å². The van der Waals surface area contributed by atoms with Crippen LogP contribution in [0.4, 0.5) is 9.05 Å². The first-order valence-electron chi connectivity index (χ1n) is 5.98. The molecule has 0 saturated carbocycles. The Labute approximate surface area is 122 Å². The Kier molecular flexibility index (Phi) is 5.38. The van der Waals surface area contributed by atoms with Crippen LogP contribution in [0.25, 0.3) is 0 Å². The summed E-state index contributed by atoms with van der Waals surface area (Å²) in [6.07, 6.45) is 0. The summed E-state index contributed by atoms with van der Waals surface area (Å²) in [4.78, 5) is 0. The van der Waals surface area contributed by atoms with Gasteiger partial charge < -0.3 is 4.21 Å². The van der Waals surface area contributed by atoms with Crippen molar-refractivity contribution in [2.45, 2.75) is 6.92 Å². The van der Waals surface area contributed by atoms with Crippen LogP contribution >= 0.6 is 7.82 Å². The van der Waals surface area contributed by atoms with Crippen molar-refractivity contribution in [1.82, 2.24) is 0 Å². The van der Waals surface area contributed by atoms with E-state index in [-0.39, 0.29) is 0 Å². The smallest absolute Gasteiger partial charge is 0.315 e. The predicted octanol–water partition coefficient (Wildman–Crippen LogP) is 3.03. The van der Waals surface area contributed by atoms with Gasteiger partial charge >= 0.3 is 7.82 Å². The third-order valence-electron chi connectivity index (χ3n) is 2.72. The van der Waals surface area contributed by atoms with E-state index in [9.17, 15) is 13.6 Å². The van der Waals surface area contributed by atoms with Crippen LogP contribution in [0.2, 0.25) is 0 Å². The van der Waals surface area contributed by atoms with Gasteiger partial charge in [-0.25, -0.2) is 4.57 Å². The third kappa shape index (κ3) is 4.06. The van der Waals surface area contributed by atoms with Crippen LogP contribution in [0.1, 0.15) is 5.56 Å². The van der Waals surface area contributed by atoms with Crippen molar-refractivity contribution in [1.29, 1.82) is 0 Å². The molecule has 21 heavy (non-hydrogen) atoms. The van der Waals surface area contributed by atoms with Crippen LogP contribution in [-0.2, 0) is 18.2 Å². The molecule has 0 aliphatic rings. The standard InChI is InChI=1S/C13H12F2O4PSi/c1-11-7-9-13(10-8-11)21(12-5-3-2-4-6-12)19-20(16,17-14)18-15/h2-10H,1H3. The SMILES string of the molecule is Cc1ccc([Si](OP(=O)(OF)OF)c2ccccc2)cc1. The Morgan fingerprint density at radius 3 is 1.95 bits per heavy atom. The van der Waals surface area contributed by atoms with Gasteiger partial charge in [-0.3, -0.25) is 0 Å². The molecule has 0 aliphatic carbocycles. The average molecular weight is 329 g/mol. The molecule has 2 aromatic carbocycles. The van der Waals surface area contributed by atoms with E-state index in [1.54, 1.807) is 42.5 Å². The Morgan fingerprint density at radius 1 is 0.905 bits per heavy atom. The van der Waals surface area contributed by atoms with Crippen molar-refractivity contribution >= 4 is 27.2 Å². The monoisotopic (exact) mass is 329 g/mol. The summed E-state index contributed by atoms with van der Waals surface area (Å²) < 4.78 is 47.2. The van der Waals surface area contributed by atoms with Crippen LogP contribution in [0.5, 0.6) is 0 Å². The normalized spacial score (nSPS) is 11.8. The van der Waals surface area contributed by atoms with Gasteiger partial charge in [0.1, 0.15) is 0 Å². The molecular formula is C13H12F2O4PSi. The summed E-state index contributed by atoms with van der Waals surface area (Å²) in [6, 6.07) is 15.9. The highest BCUT2D eigenvalue weighted by molar-refractivity contribution is 7.50. The molecule has 0 heterocycles. The molecule has 0 atom stereocenters. The van der Waals surface area contributed by atoms with Gasteiger partial charge in [-0.2, -0.15) is 0 Å². The zero-order chi connectivity index (χ0) is 15.3. The van der Waals surface area contributed by atoms with Gasteiger partial charge in [0, 0.05) is 0 Å². The number of hydrogen-bond donors (Lipinski definition) is 0. The third-order valence-corrected chi connectivity index (χ3v) is 6.40. The molecule has 2 rings (SSSR count). The summed E-state index contributed by atoms with van der Waals surface area (Å²) in [7, 11) is -7.06. The first-order valence-corrected chi connectivity index (χ1v) is 8.84. The van der Waals surface area contributed by atoms with Crippen molar-refractivity contribution < 1.29 is 27.3 Å². The lowest BCUT2D eigenvalue weighted by atomic mass is 10.2. The van der Waals surface area contributed by atoms with E-state index in [0.29, 0.717) is 10.4 Å². The molecule has 0 fully saturated rings. The highest BCUT2D eigenvalue weighted by atomic mass is 31.2. The minimum Gasteiger partial charge on any atom is -0.315 e. The first kappa shape index (κ1) is 16.0. The van der Waals surface area contributed by atoms with Gasteiger partial charge in [-0.1, -0.05) is 69.6 Å². The van der Waals surface area contributed by atoms with Crippen molar-refractivity contribution in [2.24, 2.45) is 0 Å². The fourth-order valence-electron chi connectivity index (χ4n) is 1.72. The molecule has 0 aromatic heterocycles. The number of rotatable bonds is 6. The molecule has 0 amide bonds. The lowest BCUT2D eigenvalue weighted by Crippen LogP contribution is -2.44. The second kappa shape index (κ2) is 7.06. The van der Waals surface area contributed by atoms with E-state index >= 15 is 0 Å². The minimum atomic E-state index is -4.87. The summed E-state index contributed by atoms with van der Waals surface area (Å²) in [5.41, 5.74) is 1.01. The van der Waals surface area contributed by atoms with Crippen LogP contribution < -0.4 is 10.4 Å². The maximum Gasteiger partial charge on any atom is 0.527 e. The first-order chi connectivity index (χ1) is 10.1. The molecule has 0 bridgehead atoms. The van der Waals surface area contributed by atoms with E-state index in [1.165, 1.54) is 0 Å². The number of hydrogen-bond acceptors (Lipinski definition) is 4. The van der Waals surface area contributed by atoms with Crippen LogP contribution in [-0.4, -0.2) is 9.04 Å². The second-order valence-corrected chi connectivity index (χ2v) is 7.95. The molecule has 111 valence electrons. The van der Waals surface area contributed by atoms with Crippen LogP contribution in [0.3, 0.4) is 0 Å². The predicted molar refractivity (Wildman–Crippen MR) is 75.7 cm³/mol. The number of halogens is 2. The van der Waals surface area contributed by atoms with Gasteiger partial charge in [-0.15, -0.1) is 0 Å². The van der Waals surface area contributed by atoms with E-state index in [1.807, 2.05) is 19.1 Å². The van der Waals surface area contributed by atoms with Gasteiger partial charge in [0.15, 0.2) is 0 Å². The van der Waals surface area contributed by atoms with Gasteiger partial charge in [-0.05, 0) is 26.3 Å². The molecule has 4 nitrogen and oxygen atoms in total. The average Bonchev–Trinajstić information content (AvgIpc) is 2.54. The van der Waals surface area contributed by atoms with Crippen molar-refractivity contribution in [2.75, 3.05) is 0 Å². The minimum absolute atomic E-state index is 0.653. The zero-order valence-corrected chi connectivity index (χ0v) is 12.9. The van der Waals surface area contributed by atoms with Crippen molar-refractivity contribution in [3.8, 4) is 0 Å². The summed E-state index contributed by atoms with van der Waals surface area (Å²) >= 11 is 0. The lowest BCUT2D eigenvalue weighted by molar-refractivity contribution is -0.107. The van der Waals surface area contributed by atoms with Crippen molar-refractivity contribution in [3.63, 3.8) is 0 Å². The zero-order valence-electron chi connectivity index (χ0n) is 11.0. The Morgan fingerprint density at radius 2 is 1.43 bits per heavy atom. The molecule has 0 saturated heterocycles. The maximum absolute atomic E-state index is 12.3. The molecule has 2 aromatic rings. The molecule has 1 radical (unpaired) electrons. The Balaban J connectivity index is 2.40. The Hall–Kier alpha value is -1.37. The molecule has 8 heteroatoms. The number of aryl methyl sites for hydroxylation is 1.